The second-order valence-corrected chi connectivity index (χ2v) is 5.79. The van der Waals surface area contributed by atoms with Gasteiger partial charge in [-0.05, 0) is 38.1 Å². The fraction of sp³-hybridized carbons (Fsp3) is 0.222. The number of hydrogen-bond donors (Lipinski definition) is 1. The van der Waals surface area contributed by atoms with Gasteiger partial charge in [-0.15, -0.1) is 0 Å². The van der Waals surface area contributed by atoms with Gasteiger partial charge in [0.15, 0.2) is 5.82 Å². The van der Waals surface area contributed by atoms with Gasteiger partial charge in [-0.2, -0.15) is 10.4 Å². The van der Waals surface area contributed by atoms with Crippen LogP contribution >= 0.6 is 0 Å². The first-order chi connectivity index (χ1) is 12.0. The van der Waals surface area contributed by atoms with Crippen molar-refractivity contribution in [3.63, 3.8) is 0 Å². The summed E-state index contributed by atoms with van der Waals surface area (Å²) in [7, 11) is 1.81. The molecule has 0 atom stereocenters. The summed E-state index contributed by atoms with van der Waals surface area (Å²) in [5, 5.41) is 16.7. The highest BCUT2D eigenvalue weighted by atomic mass is 16.5. The lowest BCUT2D eigenvalue weighted by Gasteiger charge is -2.11. The summed E-state index contributed by atoms with van der Waals surface area (Å²) in [5.74, 6) is 0.730. The number of nitrogens with one attached hydrogen (secondary N) is 1. The largest absolute Gasteiger partial charge is 0.490 e. The fourth-order valence-corrected chi connectivity index (χ4v) is 2.49. The van der Waals surface area contributed by atoms with Gasteiger partial charge in [0.2, 0.25) is 0 Å². The number of carbonyl (C=O) groups is 1. The number of fused-ring (bicyclic) bond motifs is 1. The highest BCUT2D eigenvalue weighted by Gasteiger charge is 2.17. The lowest BCUT2D eigenvalue weighted by molar-refractivity contribution is 0.102. The smallest absolute Gasteiger partial charge is 0.258 e. The molecule has 3 rings (SSSR count). The first-order valence-electron chi connectivity index (χ1n) is 7.79. The number of ether oxygens (including phenoxy) is 1. The molecule has 0 radical (unpaired) electrons. The lowest BCUT2D eigenvalue weighted by atomic mass is 10.2. The summed E-state index contributed by atoms with van der Waals surface area (Å²) in [6.45, 7) is 3.88. The summed E-state index contributed by atoms with van der Waals surface area (Å²) in [6, 6.07) is 10.6. The number of hydrogen-bond acceptors (Lipinski definition) is 5. The Balaban J connectivity index is 1.97. The van der Waals surface area contributed by atoms with Gasteiger partial charge in [0, 0.05) is 13.2 Å². The maximum Gasteiger partial charge on any atom is 0.258 e. The van der Waals surface area contributed by atoms with E-state index in [1.54, 1.807) is 17.8 Å². The summed E-state index contributed by atoms with van der Waals surface area (Å²) in [5.41, 5.74) is 1.46. The highest BCUT2D eigenvalue weighted by molar-refractivity contribution is 6.09. The van der Waals surface area contributed by atoms with Crippen molar-refractivity contribution < 1.29 is 9.53 Å². The van der Waals surface area contributed by atoms with Crippen LogP contribution in [0.5, 0.6) is 5.75 Å². The molecule has 1 amide bonds. The Hall–Kier alpha value is -3.40. The highest BCUT2D eigenvalue weighted by Crippen LogP contribution is 2.32. The maximum atomic E-state index is 12.5. The van der Waals surface area contributed by atoms with Gasteiger partial charge in [-0.25, -0.2) is 4.98 Å². The van der Waals surface area contributed by atoms with Gasteiger partial charge in [0.1, 0.15) is 17.5 Å². The molecule has 0 aliphatic heterocycles. The van der Waals surface area contributed by atoms with Crippen LogP contribution in [0.25, 0.3) is 10.9 Å². The molecule has 126 valence electrons. The first kappa shape index (κ1) is 16.5. The molecule has 1 aromatic carbocycles. The van der Waals surface area contributed by atoms with Gasteiger partial charge < -0.3 is 10.1 Å². The topological polar surface area (TPSA) is 92.8 Å². The maximum absolute atomic E-state index is 12.5. The van der Waals surface area contributed by atoms with Crippen LogP contribution in [0.15, 0.2) is 36.5 Å². The number of anilines is 1. The molecule has 0 spiro atoms. The molecule has 0 saturated carbocycles. The van der Waals surface area contributed by atoms with Crippen LogP contribution in [0, 0.1) is 11.3 Å². The summed E-state index contributed by atoms with van der Waals surface area (Å²) in [6.07, 6.45) is 1.36. The van der Waals surface area contributed by atoms with Gasteiger partial charge in [-0.1, -0.05) is 6.07 Å². The molecule has 7 heteroatoms. The van der Waals surface area contributed by atoms with Crippen LogP contribution in [0.3, 0.4) is 0 Å². The van der Waals surface area contributed by atoms with Crippen molar-refractivity contribution in [1.29, 1.82) is 5.26 Å². The van der Waals surface area contributed by atoms with E-state index in [0.29, 0.717) is 17.1 Å². The van der Waals surface area contributed by atoms with E-state index < -0.39 is 0 Å². The minimum absolute atomic E-state index is 0.00270. The van der Waals surface area contributed by atoms with Crippen LogP contribution in [-0.4, -0.2) is 26.8 Å². The Kier molecular flexibility index (Phi) is 4.35. The predicted molar refractivity (Wildman–Crippen MR) is 93.4 cm³/mol. The van der Waals surface area contributed by atoms with E-state index in [4.69, 9.17) is 10.00 Å². The average Bonchev–Trinajstić information content (AvgIpc) is 2.91. The van der Waals surface area contributed by atoms with Gasteiger partial charge >= 0.3 is 0 Å². The number of nitrogens with zero attached hydrogens (tertiary/aromatic N) is 4. The zero-order chi connectivity index (χ0) is 18.0. The molecule has 3 aromatic rings. The number of amides is 1. The molecule has 0 aliphatic carbocycles. The minimum Gasteiger partial charge on any atom is -0.490 e. The SMILES string of the molecule is CC(C)Oc1cccc2c1c(NC(=O)c1ccc(C#N)nc1)nn2C. The summed E-state index contributed by atoms with van der Waals surface area (Å²) >= 11 is 0. The zero-order valence-corrected chi connectivity index (χ0v) is 14.1. The van der Waals surface area contributed by atoms with E-state index in [1.165, 1.54) is 12.3 Å². The Morgan fingerprint density at radius 2 is 2.12 bits per heavy atom. The second kappa shape index (κ2) is 6.61. The molecule has 0 saturated heterocycles. The van der Waals surface area contributed by atoms with E-state index in [-0.39, 0.29) is 17.7 Å². The molecule has 0 unspecified atom stereocenters. The second-order valence-electron chi connectivity index (χ2n) is 5.79. The van der Waals surface area contributed by atoms with Crippen molar-refractivity contribution in [3.05, 3.63) is 47.8 Å². The molecule has 25 heavy (non-hydrogen) atoms. The Morgan fingerprint density at radius 3 is 2.76 bits per heavy atom. The monoisotopic (exact) mass is 335 g/mol. The van der Waals surface area contributed by atoms with Gasteiger partial charge in [0.25, 0.3) is 5.91 Å². The lowest BCUT2D eigenvalue weighted by Crippen LogP contribution is -2.13. The van der Waals surface area contributed by atoms with Crippen molar-refractivity contribution in [2.75, 3.05) is 5.32 Å². The predicted octanol–water partition coefficient (Wildman–Crippen LogP) is 2.88. The van der Waals surface area contributed by atoms with Crippen LogP contribution < -0.4 is 10.1 Å². The van der Waals surface area contributed by atoms with Gasteiger partial charge in [-0.3, -0.25) is 9.48 Å². The van der Waals surface area contributed by atoms with Crippen molar-refractivity contribution in [1.82, 2.24) is 14.8 Å². The van der Waals surface area contributed by atoms with Crippen LogP contribution in [0.1, 0.15) is 29.9 Å². The van der Waals surface area contributed by atoms with Crippen LogP contribution in [-0.2, 0) is 7.05 Å². The third-order valence-corrected chi connectivity index (χ3v) is 3.57. The Labute approximate surface area is 144 Å². The average molecular weight is 335 g/mol. The molecule has 1 N–H and O–H groups in total. The number of carbonyl (C=O) groups excluding carboxylic acids is 1. The van der Waals surface area contributed by atoms with Crippen LogP contribution in [0.4, 0.5) is 5.82 Å². The quantitative estimate of drug-likeness (QED) is 0.791. The summed E-state index contributed by atoms with van der Waals surface area (Å²) in [4.78, 5) is 16.4. The molecular weight excluding hydrogens is 318 g/mol. The molecule has 0 aliphatic rings. The number of pyridine rings is 1. The number of aromatic nitrogens is 3. The van der Waals surface area contributed by atoms with Crippen molar-refractivity contribution in [3.8, 4) is 11.8 Å². The van der Waals surface area contributed by atoms with Crippen molar-refractivity contribution >= 4 is 22.6 Å². The Bertz CT molecular complexity index is 968. The first-order valence-corrected chi connectivity index (χ1v) is 7.79. The number of aryl methyl sites for hydroxylation is 1. The normalized spacial score (nSPS) is 10.7. The fourth-order valence-electron chi connectivity index (χ4n) is 2.49. The van der Waals surface area contributed by atoms with E-state index >= 15 is 0 Å². The number of benzene rings is 1. The van der Waals surface area contributed by atoms with Crippen LogP contribution in [0.2, 0.25) is 0 Å². The van der Waals surface area contributed by atoms with E-state index in [1.807, 2.05) is 38.1 Å². The third kappa shape index (κ3) is 3.28. The van der Waals surface area contributed by atoms with Gasteiger partial charge in [0.05, 0.1) is 22.6 Å². The number of nitriles is 1. The molecule has 2 heterocycles. The molecule has 0 bridgehead atoms. The molecular formula is C18H17N5O2. The molecule has 0 fully saturated rings. The minimum atomic E-state index is -0.351. The third-order valence-electron chi connectivity index (χ3n) is 3.57. The van der Waals surface area contributed by atoms with Crippen molar-refractivity contribution in [2.45, 2.75) is 20.0 Å². The van der Waals surface area contributed by atoms with E-state index in [2.05, 4.69) is 15.4 Å². The molecule has 7 nitrogen and oxygen atoms in total. The van der Waals surface area contributed by atoms with E-state index in [0.717, 1.165) is 10.9 Å². The number of rotatable bonds is 4. The Morgan fingerprint density at radius 1 is 1.32 bits per heavy atom. The summed E-state index contributed by atoms with van der Waals surface area (Å²) < 4.78 is 7.54. The standard InChI is InChI=1S/C18H17N5O2/c1-11(2)25-15-6-4-5-14-16(15)17(22-23(14)3)21-18(24)12-7-8-13(9-19)20-10-12/h4-8,10-11H,1-3H3,(H,21,22,24). The zero-order valence-electron chi connectivity index (χ0n) is 14.1. The van der Waals surface area contributed by atoms with Crippen molar-refractivity contribution in [2.24, 2.45) is 7.05 Å². The van der Waals surface area contributed by atoms with E-state index in [9.17, 15) is 4.79 Å². The molecule has 2 aromatic heterocycles.